The molecule has 1 rings (SSSR count). The van der Waals surface area contributed by atoms with Crippen LogP contribution in [0, 0.1) is 12.3 Å². The number of nitrogens with one attached hydrogen (secondary N) is 1. The van der Waals surface area contributed by atoms with Crippen LogP contribution in [0.5, 0.6) is 0 Å². The third kappa shape index (κ3) is 1.65. The molecule has 0 aliphatic carbocycles. The fourth-order valence-corrected chi connectivity index (χ4v) is 1.69. The van der Waals surface area contributed by atoms with E-state index in [4.69, 9.17) is 18.6 Å². The van der Waals surface area contributed by atoms with Gasteiger partial charge in [-0.1, -0.05) is 12.8 Å². The summed E-state index contributed by atoms with van der Waals surface area (Å²) >= 11 is 5.00. The lowest BCUT2D eigenvalue weighted by Crippen LogP contribution is -2.39. The molecular weight excluding hydrogens is 184 g/mol. The van der Waals surface area contributed by atoms with Crippen LogP contribution in [0.2, 0.25) is 0 Å². The largest absolute Gasteiger partial charge is 0.351 e. The van der Waals surface area contributed by atoms with Crippen molar-refractivity contribution in [2.75, 3.05) is 0 Å². The number of nitrogens with zero attached hydrogens (tertiary/aromatic N) is 1. The van der Waals surface area contributed by atoms with Crippen molar-refractivity contribution in [2.24, 2.45) is 0 Å². The van der Waals surface area contributed by atoms with Crippen molar-refractivity contribution in [3.63, 3.8) is 0 Å². The Balaban J connectivity index is 2.86. The Kier molecular flexibility index (Phi) is 2.89. The average molecular weight is 196 g/mol. The van der Waals surface area contributed by atoms with Gasteiger partial charge in [0.15, 0.2) is 5.11 Å². The van der Waals surface area contributed by atoms with E-state index in [9.17, 15) is 4.79 Å². The van der Waals surface area contributed by atoms with E-state index in [0.717, 1.165) is 6.42 Å². The van der Waals surface area contributed by atoms with Gasteiger partial charge in [-0.15, -0.1) is 6.42 Å². The predicted molar refractivity (Wildman–Crippen MR) is 55.0 cm³/mol. The highest BCUT2D eigenvalue weighted by Gasteiger charge is 2.35. The first kappa shape index (κ1) is 10.0. The molecule has 0 bridgehead atoms. The Morgan fingerprint density at radius 2 is 2.46 bits per heavy atom. The first-order chi connectivity index (χ1) is 6.11. The Hall–Kier alpha value is -1.08. The van der Waals surface area contributed by atoms with Gasteiger partial charge >= 0.3 is 0 Å². The number of hydrogen-bond acceptors (Lipinski definition) is 2. The van der Waals surface area contributed by atoms with Crippen LogP contribution in [0.3, 0.4) is 0 Å². The molecule has 1 fully saturated rings. The maximum atomic E-state index is 11.6. The van der Waals surface area contributed by atoms with Crippen molar-refractivity contribution in [1.82, 2.24) is 10.2 Å². The molecule has 0 aromatic carbocycles. The summed E-state index contributed by atoms with van der Waals surface area (Å²) in [6.07, 6.45) is 6.02. The fourth-order valence-electron chi connectivity index (χ4n) is 1.30. The van der Waals surface area contributed by atoms with Crippen LogP contribution < -0.4 is 5.32 Å². The molecule has 70 valence electrons. The number of carbonyl (C=O) groups excluding carboxylic acids is 1. The lowest BCUT2D eigenvalue weighted by molar-refractivity contribution is -0.127. The molecule has 4 heteroatoms. The van der Waals surface area contributed by atoms with Gasteiger partial charge in [0.2, 0.25) is 0 Å². The Labute approximate surface area is 83.5 Å². The Morgan fingerprint density at radius 1 is 1.85 bits per heavy atom. The topological polar surface area (TPSA) is 32.3 Å². The van der Waals surface area contributed by atoms with Gasteiger partial charge in [-0.25, -0.2) is 0 Å². The fraction of sp³-hybridized carbons (Fsp3) is 0.556. The minimum atomic E-state index is -0.241. The maximum Gasteiger partial charge on any atom is 0.252 e. The third-order valence-electron chi connectivity index (χ3n) is 2.06. The summed E-state index contributed by atoms with van der Waals surface area (Å²) in [4.78, 5) is 13.0. The van der Waals surface area contributed by atoms with Gasteiger partial charge in [0.1, 0.15) is 6.04 Å². The smallest absolute Gasteiger partial charge is 0.252 e. The number of thiocarbonyl (C=S) groups is 1. The molecule has 0 aromatic rings. The zero-order chi connectivity index (χ0) is 10.0. The molecule has 3 nitrogen and oxygen atoms in total. The first-order valence-electron chi connectivity index (χ1n) is 4.21. The van der Waals surface area contributed by atoms with Crippen molar-refractivity contribution in [2.45, 2.75) is 32.4 Å². The van der Waals surface area contributed by atoms with Crippen LogP contribution in [-0.2, 0) is 4.79 Å². The number of hydrogen-bond donors (Lipinski definition) is 1. The third-order valence-corrected chi connectivity index (χ3v) is 2.37. The Morgan fingerprint density at radius 3 is 2.77 bits per heavy atom. The zero-order valence-electron chi connectivity index (χ0n) is 7.70. The minimum Gasteiger partial charge on any atom is -0.351 e. The van der Waals surface area contributed by atoms with E-state index in [1.54, 1.807) is 6.92 Å². The van der Waals surface area contributed by atoms with Gasteiger partial charge in [-0.2, -0.15) is 0 Å². The lowest BCUT2D eigenvalue weighted by Gasteiger charge is -2.20. The monoisotopic (exact) mass is 196 g/mol. The van der Waals surface area contributed by atoms with E-state index in [1.165, 1.54) is 4.90 Å². The summed E-state index contributed by atoms with van der Waals surface area (Å²) in [5.74, 6) is 2.52. The van der Waals surface area contributed by atoms with E-state index in [2.05, 4.69) is 11.2 Å². The van der Waals surface area contributed by atoms with Crippen molar-refractivity contribution < 1.29 is 4.79 Å². The average Bonchev–Trinajstić information content (AvgIpc) is 2.34. The maximum absolute atomic E-state index is 11.6. The van der Waals surface area contributed by atoms with Crippen LogP contribution in [0.15, 0.2) is 0 Å². The van der Waals surface area contributed by atoms with Gasteiger partial charge < -0.3 is 5.32 Å². The zero-order valence-corrected chi connectivity index (χ0v) is 8.52. The first-order valence-corrected chi connectivity index (χ1v) is 4.62. The molecule has 0 aromatic heterocycles. The van der Waals surface area contributed by atoms with Gasteiger partial charge in [0.25, 0.3) is 5.91 Å². The highest BCUT2D eigenvalue weighted by Crippen LogP contribution is 2.12. The second-order valence-corrected chi connectivity index (χ2v) is 3.36. The highest BCUT2D eigenvalue weighted by atomic mass is 32.1. The second kappa shape index (κ2) is 3.75. The Bertz CT molecular complexity index is 282. The van der Waals surface area contributed by atoms with Gasteiger partial charge in [-0.05, 0) is 25.6 Å². The molecule has 1 N–H and O–H groups in total. The number of terminal acetylenes is 1. The summed E-state index contributed by atoms with van der Waals surface area (Å²) in [6.45, 7) is 3.71. The minimum absolute atomic E-state index is 0.0326. The van der Waals surface area contributed by atoms with Crippen molar-refractivity contribution in [1.29, 1.82) is 0 Å². The standard InChI is InChI=1S/C9H12N2OS/c1-4-7(5-2)11-8(12)6(3)10-9(11)13/h1,6-7H,5H2,2-3H3,(H,10,13). The van der Waals surface area contributed by atoms with Crippen LogP contribution in [0.25, 0.3) is 0 Å². The molecule has 0 radical (unpaired) electrons. The van der Waals surface area contributed by atoms with E-state index in [0.29, 0.717) is 5.11 Å². The highest BCUT2D eigenvalue weighted by molar-refractivity contribution is 7.80. The van der Waals surface area contributed by atoms with Gasteiger partial charge in [-0.3, -0.25) is 9.69 Å². The quantitative estimate of drug-likeness (QED) is 0.516. The molecule has 1 amide bonds. The summed E-state index contributed by atoms with van der Waals surface area (Å²) in [5.41, 5.74) is 0. The molecule has 1 heterocycles. The van der Waals surface area contributed by atoms with Crippen molar-refractivity contribution in [3.05, 3.63) is 0 Å². The normalized spacial score (nSPS) is 24.1. The van der Waals surface area contributed by atoms with Crippen LogP contribution in [-0.4, -0.2) is 28.0 Å². The van der Waals surface area contributed by atoms with Crippen molar-refractivity contribution in [3.8, 4) is 12.3 Å². The molecular formula is C9H12N2OS. The lowest BCUT2D eigenvalue weighted by atomic mass is 10.2. The van der Waals surface area contributed by atoms with Crippen LogP contribution in [0.4, 0.5) is 0 Å². The van der Waals surface area contributed by atoms with Crippen LogP contribution >= 0.6 is 12.2 Å². The molecule has 2 unspecified atom stereocenters. The van der Waals surface area contributed by atoms with E-state index in [-0.39, 0.29) is 18.0 Å². The summed E-state index contributed by atoms with van der Waals surface area (Å²) in [7, 11) is 0. The van der Waals surface area contributed by atoms with E-state index < -0.39 is 0 Å². The van der Waals surface area contributed by atoms with Crippen LogP contribution in [0.1, 0.15) is 20.3 Å². The SMILES string of the molecule is C#CC(CC)N1C(=O)C(C)NC1=S. The molecule has 1 aliphatic rings. The summed E-state index contributed by atoms with van der Waals surface area (Å²) in [5, 5.41) is 3.32. The molecule has 1 aliphatic heterocycles. The van der Waals surface area contributed by atoms with E-state index >= 15 is 0 Å². The van der Waals surface area contributed by atoms with Gasteiger partial charge in [0, 0.05) is 0 Å². The molecule has 2 atom stereocenters. The van der Waals surface area contributed by atoms with Crippen molar-refractivity contribution >= 4 is 23.2 Å². The second-order valence-electron chi connectivity index (χ2n) is 2.97. The molecule has 0 spiro atoms. The predicted octanol–water partition coefficient (Wildman–Crippen LogP) is 0.503. The molecule has 1 saturated heterocycles. The number of rotatable bonds is 2. The van der Waals surface area contributed by atoms with E-state index in [1.807, 2.05) is 6.92 Å². The molecule has 0 saturated carbocycles. The summed E-state index contributed by atoms with van der Waals surface area (Å²) in [6, 6.07) is -0.452. The number of carbonyl (C=O) groups is 1. The molecule has 13 heavy (non-hydrogen) atoms. The summed E-state index contributed by atoms with van der Waals surface area (Å²) < 4.78 is 0. The van der Waals surface area contributed by atoms with Gasteiger partial charge in [0.05, 0.1) is 6.04 Å². The number of amides is 1.